The summed E-state index contributed by atoms with van der Waals surface area (Å²) in [5.41, 5.74) is 7.21. The van der Waals surface area contributed by atoms with Gasteiger partial charge in [-0.15, -0.1) is 0 Å². The van der Waals surface area contributed by atoms with Gasteiger partial charge < -0.3 is 15.3 Å². The first-order chi connectivity index (χ1) is 9.14. The monoisotopic (exact) mass is 279 g/mol. The molecule has 1 heterocycles. The maximum Gasteiger partial charge on any atom is 0.396 e. The Hall–Kier alpha value is -1.33. The summed E-state index contributed by atoms with van der Waals surface area (Å²) in [6.45, 7) is 0.514. The number of nitrogens with two attached hydrogens (primary N) is 1. The van der Waals surface area contributed by atoms with Crippen molar-refractivity contribution < 1.29 is 9.52 Å². The van der Waals surface area contributed by atoms with Crippen molar-refractivity contribution in [3.8, 4) is 5.75 Å². The predicted molar refractivity (Wildman–Crippen MR) is 75.8 cm³/mol. The normalized spacial score (nSPS) is 18.8. The second-order valence-electron chi connectivity index (χ2n) is 5.32. The lowest BCUT2D eigenvalue weighted by Crippen LogP contribution is -2.37. The third kappa shape index (κ3) is 2.07. The van der Waals surface area contributed by atoms with Crippen LogP contribution in [0.5, 0.6) is 5.75 Å². The Labute approximate surface area is 114 Å². The number of phenolic OH excluding ortho intramolecular Hbond substituents is 1. The van der Waals surface area contributed by atoms with Crippen molar-refractivity contribution in [3.63, 3.8) is 0 Å². The summed E-state index contributed by atoms with van der Waals surface area (Å²) >= 11 is 1.01. The van der Waals surface area contributed by atoms with Crippen LogP contribution in [0.4, 0.5) is 0 Å². The van der Waals surface area contributed by atoms with Crippen molar-refractivity contribution >= 4 is 21.6 Å². The fourth-order valence-electron chi connectivity index (χ4n) is 3.15. The highest BCUT2D eigenvalue weighted by Gasteiger charge is 2.35. The third-order valence-corrected chi connectivity index (χ3v) is 5.01. The van der Waals surface area contributed by atoms with E-state index < -0.39 is 0 Å². The number of hydrogen-bond donors (Lipinski definition) is 2. The van der Waals surface area contributed by atoms with Gasteiger partial charge in [0.1, 0.15) is 11.3 Å². The van der Waals surface area contributed by atoms with Gasteiger partial charge in [-0.1, -0.05) is 30.6 Å². The molecular formula is C14H17NO3S. The first-order valence-corrected chi connectivity index (χ1v) is 7.43. The van der Waals surface area contributed by atoms with Gasteiger partial charge in [0.2, 0.25) is 0 Å². The fraction of sp³-hybridized carbons (Fsp3) is 0.500. The summed E-state index contributed by atoms with van der Waals surface area (Å²) in [6.07, 6.45) is 5.44. The lowest BCUT2D eigenvalue weighted by atomic mass is 9.69. The zero-order valence-electron chi connectivity index (χ0n) is 10.6. The van der Waals surface area contributed by atoms with Crippen molar-refractivity contribution in [2.24, 2.45) is 5.73 Å². The van der Waals surface area contributed by atoms with Crippen LogP contribution in [0.1, 0.15) is 37.7 Å². The molecule has 0 atom stereocenters. The van der Waals surface area contributed by atoms with Crippen molar-refractivity contribution in [1.29, 1.82) is 0 Å². The first-order valence-electron chi connectivity index (χ1n) is 6.62. The molecule has 102 valence electrons. The summed E-state index contributed by atoms with van der Waals surface area (Å²) in [4.78, 5) is 10.9. The molecule has 1 aliphatic rings. The lowest BCUT2D eigenvalue weighted by Gasteiger charge is -2.37. The summed E-state index contributed by atoms with van der Waals surface area (Å²) < 4.78 is 5.84. The molecule has 0 aliphatic heterocycles. The van der Waals surface area contributed by atoms with Gasteiger partial charge in [-0.05, 0) is 18.9 Å². The molecule has 4 nitrogen and oxygen atoms in total. The van der Waals surface area contributed by atoms with Gasteiger partial charge in [0.25, 0.3) is 0 Å². The second kappa shape index (κ2) is 4.65. The van der Waals surface area contributed by atoms with Crippen molar-refractivity contribution in [3.05, 3.63) is 27.4 Å². The minimum Gasteiger partial charge on any atom is -0.508 e. The third-order valence-electron chi connectivity index (χ3n) is 4.22. The topological polar surface area (TPSA) is 76.5 Å². The summed E-state index contributed by atoms with van der Waals surface area (Å²) in [7, 11) is 0. The summed E-state index contributed by atoms with van der Waals surface area (Å²) in [5.74, 6) is 0.233. The quantitative estimate of drug-likeness (QED) is 0.886. The molecular weight excluding hydrogens is 262 g/mol. The van der Waals surface area contributed by atoms with Crippen LogP contribution in [0, 0.1) is 0 Å². The summed E-state index contributed by atoms with van der Waals surface area (Å²) in [5, 5.41) is 10.3. The van der Waals surface area contributed by atoms with Crippen LogP contribution < -0.4 is 10.7 Å². The maximum absolute atomic E-state index is 11.3. The van der Waals surface area contributed by atoms with Crippen LogP contribution in [-0.2, 0) is 5.41 Å². The molecule has 0 saturated heterocycles. The number of fused-ring (bicyclic) bond motifs is 1. The molecule has 19 heavy (non-hydrogen) atoms. The molecule has 0 unspecified atom stereocenters. The zero-order chi connectivity index (χ0) is 13.5. The molecule has 5 heteroatoms. The molecule has 1 aliphatic carbocycles. The molecule has 0 spiro atoms. The molecule has 2 aromatic rings. The minimum atomic E-state index is -0.336. The SMILES string of the molecule is NCC1(c2cc3oc(=O)sc3cc2O)CCCCC1. The Morgan fingerprint density at radius 1 is 1.32 bits per heavy atom. The van der Waals surface area contributed by atoms with E-state index in [4.69, 9.17) is 10.2 Å². The molecule has 1 saturated carbocycles. The smallest absolute Gasteiger partial charge is 0.396 e. The zero-order valence-corrected chi connectivity index (χ0v) is 11.5. The van der Waals surface area contributed by atoms with Gasteiger partial charge in [0.15, 0.2) is 0 Å². The van der Waals surface area contributed by atoms with E-state index in [0.717, 1.165) is 42.6 Å². The largest absolute Gasteiger partial charge is 0.508 e. The van der Waals surface area contributed by atoms with Gasteiger partial charge in [0.05, 0.1) is 4.70 Å². The van der Waals surface area contributed by atoms with Gasteiger partial charge in [-0.25, -0.2) is 4.79 Å². The molecule has 3 N–H and O–H groups in total. The van der Waals surface area contributed by atoms with Gasteiger partial charge in [0, 0.05) is 23.6 Å². The number of aromatic hydroxyl groups is 1. The van der Waals surface area contributed by atoms with Gasteiger partial charge in [-0.3, -0.25) is 0 Å². The highest BCUT2D eigenvalue weighted by Crippen LogP contribution is 2.43. The van der Waals surface area contributed by atoms with E-state index in [1.807, 2.05) is 0 Å². The minimum absolute atomic E-state index is 0.170. The van der Waals surface area contributed by atoms with Crippen LogP contribution in [0.2, 0.25) is 0 Å². The number of rotatable bonds is 2. The number of hydrogen-bond acceptors (Lipinski definition) is 5. The average molecular weight is 279 g/mol. The second-order valence-corrected chi connectivity index (χ2v) is 6.29. The van der Waals surface area contributed by atoms with Crippen LogP contribution >= 0.6 is 11.3 Å². The van der Waals surface area contributed by atoms with E-state index in [9.17, 15) is 9.90 Å². The Morgan fingerprint density at radius 3 is 2.74 bits per heavy atom. The van der Waals surface area contributed by atoms with E-state index in [0.29, 0.717) is 16.8 Å². The molecule has 1 aromatic heterocycles. The van der Waals surface area contributed by atoms with Crippen LogP contribution in [0.15, 0.2) is 21.3 Å². The van der Waals surface area contributed by atoms with E-state index in [1.165, 1.54) is 6.42 Å². The molecule has 0 amide bonds. The summed E-state index contributed by atoms with van der Waals surface area (Å²) in [6, 6.07) is 3.44. The molecule has 0 bridgehead atoms. The van der Waals surface area contributed by atoms with Crippen molar-refractivity contribution in [1.82, 2.24) is 0 Å². The molecule has 3 rings (SSSR count). The lowest BCUT2D eigenvalue weighted by molar-refractivity contribution is 0.291. The van der Waals surface area contributed by atoms with Crippen molar-refractivity contribution in [2.45, 2.75) is 37.5 Å². The van der Waals surface area contributed by atoms with E-state index >= 15 is 0 Å². The number of phenols is 1. The van der Waals surface area contributed by atoms with Crippen LogP contribution in [0.3, 0.4) is 0 Å². The van der Waals surface area contributed by atoms with Crippen LogP contribution in [-0.4, -0.2) is 11.7 Å². The maximum atomic E-state index is 11.3. The average Bonchev–Trinajstić information content (AvgIpc) is 2.77. The van der Waals surface area contributed by atoms with Crippen LogP contribution in [0.25, 0.3) is 10.3 Å². The highest BCUT2D eigenvalue weighted by molar-refractivity contribution is 7.16. The number of benzene rings is 1. The Balaban J connectivity index is 2.16. The Kier molecular flexibility index (Phi) is 3.11. The van der Waals surface area contributed by atoms with Gasteiger partial charge in [-0.2, -0.15) is 0 Å². The highest BCUT2D eigenvalue weighted by atomic mass is 32.1. The molecule has 1 aromatic carbocycles. The van der Waals surface area contributed by atoms with Crippen molar-refractivity contribution in [2.75, 3.05) is 6.54 Å². The van der Waals surface area contributed by atoms with E-state index in [-0.39, 0.29) is 16.1 Å². The fourth-order valence-corrected chi connectivity index (χ4v) is 3.83. The molecule has 0 radical (unpaired) electrons. The Morgan fingerprint density at radius 2 is 2.05 bits per heavy atom. The first kappa shape index (κ1) is 12.7. The van der Waals surface area contributed by atoms with E-state index in [2.05, 4.69) is 0 Å². The Bertz CT molecular complexity index is 652. The predicted octanol–water partition coefficient (Wildman–Crippen LogP) is 2.72. The molecule has 1 fully saturated rings. The van der Waals surface area contributed by atoms with Gasteiger partial charge >= 0.3 is 4.94 Å². The van der Waals surface area contributed by atoms with E-state index in [1.54, 1.807) is 12.1 Å². The standard InChI is InChI=1S/C14H17NO3S/c15-8-14(4-2-1-3-5-14)9-6-11-12(7-10(9)16)19-13(17)18-11/h6-7,16H,1-5,8,15H2.